The Balaban J connectivity index is 2.56. The van der Waals surface area contributed by atoms with E-state index in [-0.39, 0.29) is 0 Å². The minimum absolute atomic E-state index is 0.363. The largest absolute Gasteiger partial charge is 0.389 e. The maximum atomic E-state index is 11.9. The smallest absolute Gasteiger partial charge is 0.386 e. The van der Waals surface area contributed by atoms with Gasteiger partial charge in [-0.2, -0.15) is 13.2 Å². The first-order valence-electron chi connectivity index (χ1n) is 4.91. The summed E-state index contributed by atoms with van der Waals surface area (Å²) in [4.78, 5) is 15.0. The van der Waals surface area contributed by atoms with E-state index in [4.69, 9.17) is 0 Å². The Bertz CT molecular complexity index is 393. The van der Waals surface area contributed by atoms with Gasteiger partial charge in [0.1, 0.15) is 0 Å². The SMILES string of the molecule is CNc1ccncc1NC(=O)CCC(F)(F)F. The number of hydrogen-bond acceptors (Lipinski definition) is 3. The highest BCUT2D eigenvalue weighted by molar-refractivity contribution is 5.93. The lowest BCUT2D eigenvalue weighted by Crippen LogP contribution is -2.17. The average Bonchev–Trinajstić information content (AvgIpc) is 2.26. The Kier molecular flexibility index (Phi) is 4.30. The quantitative estimate of drug-likeness (QED) is 0.859. The third-order valence-electron chi connectivity index (χ3n) is 2.00. The first-order chi connectivity index (χ1) is 7.92. The molecule has 7 heteroatoms. The van der Waals surface area contributed by atoms with Gasteiger partial charge in [0.15, 0.2) is 0 Å². The summed E-state index contributed by atoms with van der Waals surface area (Å²) in [6.07, 6.45) is -3.16. The van der Waals surface area contributed by atoms with E-state index in [1.807, 2.05) is 0 Å². The number of pyridine rings is 1. The van der Waals surface area contributed by atoms with E-state index in [0.717, 1.165) is 0 Å². The molecule has 1 amide bonds. The molecule has 4 nitrogen and oxygen atoms in total. The number of halogens is 3. The van der Waals surface area contributed by atoms with Crippen LogP contribution in [0.3, 0.4) is 0 Å². The standard InChI is InChI=1S/C10H12F3N3O/c1-14-7-3-5-15-6-8(7)16-9(17)2-4-10(11,12)13/h3,5-6H,2,4H2,1H3,(H,14,15)(H,16,17). The predicted molar refractivity (Wildman–Crippen MR) is 57.7 cm³/mol. The van der Waals surface area contributed by atoms with E-state index < -0.39 is 24.9 Å². The number of alkyl halides is 3. The Hall–Kier alpha value is -1.79. The fourth-order valence-corrected chi connectivity index (χ4v) is 1.18. The fourth-order valence-electron chi connectivity index (χ4n) is 1.18. The van der Waals surface area contributed by atoms with Crippen LogP contribution < -0.4 is 10.6 Å². The molecule has 0 aromatic carbocycles. The van der Waals surface area contributed by atoms with Crippen LogP contribution in [-0.4, -0.2) is 24.1 Å². The van der Waals surface area contributed by atoms with Gasteiger partial charge in [-0.25, -0.2) is 0 Å². The van der Waals surface area contributed by atoms with Crippen molar-refractivity contribution >= 4 is 17.3 Å². The summed E-state index contributed by atoms with van der Waals surface area (Å²) < 4.78 is 35.7. The summed E-state index contributed by atoms with van der Waals surface area (Å²) in [6.45, 7) is 0. The molecule has 0 aliphatic heterocycles. The fraction of sp³-hybridized carbons (Fsp3) is 0.400. The molecule has 0 atom stereocenters. The highest BCUT2D eigenvalue weighted by Gasteiger charge is 2.27. The monoisotopic (exact) mass is 247 g/mol. The molecule has 2 N–H and O–H groups in total. The van der Waals surface area contributed by atoms with Gasteiger partial charge in [0, 0.05) is 19.7 Å². The molecule has 1 heterocycles. The predicted octanol–water partition coefficient (Wildman–Crippen LogP) is 2.40. The summed E-state index contributed by atoms with van der Waals surface area (Å²) >= 11 is 0. The molecule has 1 aromatic rings. The van der Waals surface area contributed by atoms with Crippen molar-refractivity contribution in [2.45, 2.75) is 19.0 Å². The van der Waals surface area contributed by atoms with E-state index in [2.05, 4.69) is 15.6 Å². The molecule has 0 fully saturated rings. The van der Waals surface area contributed by atoms with E-state index >= 15 is 0 Å². The number of anilines is 2. The van der Waals surface area contributed by atoms with Crippen LogP contribution in [-0.2, 0) is 4.79 Å². The molecule has 0 saturated carbocycles. The number of hydrogen-bond donors (Lipinski definition) is 2. The first kappa shape index (κ1) is 13.3. The summed E-state index contributed by atoms with van der Waals surface area (Å²) in [5.74, 6) is -0.688. The van der Waals surface area contributed by atoms with Gasteiger partial charge in [0.05, 0.1) is 24.0 Å². The Morgan fingerprint density at radius 2 is 2.12 bits per heavy atom. The van der Waals surface area contributed by atoms with Gasteiger partial charge in [-0.05, 0) is 6.07 Å². The molecule has 17 heavy (non-hydrogen) atoms. The van der Waals surface area contributed by atoms with Crippen molar-refractivity contribution in [3.8, 4) is 0 Å². The molecule has 94 valence electrons. The third kappa shape index (κ3) is 4.71. The van der Waals surface area contributed by atoms with Crippen LogP contribution in [0, 0.1) is 0 Å². The van der Waals surface area contributed by atoms with Gasteiger partial charge in [-0.1, -0.05) is 0 Å². The highest BCUT2D eigenvalue weighted by Crippen LogP contribution is 2.23. The van der Waals surface area contributed by atoms with Gasteiger partial charge in [0.25, 0.3) is 0 Å². The maximum Gasteiger partial charge on any atom is 0.389 e. The molecule has 1 aromatic heterocycles. The van der Waals surface area contributed by atoms with Gasteiger partial charge in [-0.15, -0.1) is 0 Å². The lowest BCUT2D eigenvalue weighted by atomic mass is 10.2. The number of aromatic nitrogens is 1. The zero-order valence-electron chi connectivity index (χ0n) is 9.14. The first-order valence-corrected chi connectivity index (χ1v) is 4.91. The molecule has 0 aliphatic carbocycles. The second-order valence-corrected chi connectivity index (χ2v) is 3.33. The van der Waals surface area contributed by atoms with Crippen LogP contribution >= 0.6 is 0 Å². The second kappa shape index (κ2) is 5.51. The summed E-state index contributed by atoms with van der Waals surface area (Å²) in [6, 6.07) is 1.61. The molecule has 0 saturated heterocycles. The van der Waals surface area contributed by atoms with Gasteiger partial charge in [0.2, 0.25) is 5.91 Å². The van der Waals surface area contributed by atoms with Gasteiger partial charge < -0.3 is 10.6 Å². The zero-order chi connectivity index (χ0) is 12.9. The second-order valence-electron chi connectivity index (χ2n) is 3.33. The molecular formula is C10H12F3N3O. The lowest BCUT2D eigenvalue weighted by Gasteiger charge is -2.10. The molecular weight excluding hydrogens is 235 g/mol. The number of carbonyl (C=O) groups is 1. The highest BCUT2D eigenvalue weighted by atomic mass is 19.4. The van der Waals surface area contributed by atoms with Crippen molar-refractivity contribution in [1.29, 1.82) is 0 Å². The van der Waals surface area contributed by atoms with Crippen LogP contribution in [0.4, 0.5) is 24.5 Å². The number of amides is 1. The van der Waals surface area contributed by atoms with Crippen molar-refractivity contribution in [2.75, 3.05) is 17.7 Å². The summed E-state index contributed by atoms with van der Waals surface area (Å²) in [7, 11) is 1.64. The number of nitrogens with zero attached hydrogens (tertiary/aromatic N) is 1. The van der Waals surface area contributed by atoms with E-state index in [0.29, 0.717) is 11.4 Å². The zero-order valence-corrected chi connectivity index (χ0v) is 9.14. The van der Waals surface area contributed by atoms with Crippen molar-refractivity contribution in [2.24, 2.45) is 0 Å². The minimum atomic E-state index is -4.32. The van der Waals surface area contributed by atoms with Crippen LogP contribution in [0.2, 0.25) is 0 Å². The lowest BCUT2D eigenvalue weighted by molar-refractivity contribution is -0.142. The van der Waals surface area contributed by atoms with Crippen LogP contribution in [0.1, 0.15) is 12.8 Å². The van der Waals surface area contributed by atoms with Crippen molar-refractivity contribution in [3.63, 3.8) is 0 Å². The molecule has 0 radical (unpaired) electrons. The van der Waals surface area contributed by atoms with Crippen LogP contribution in [0.25, 0.3) is 0 Å². The molecule has 0 unspecified atom stereocenters. The minimum Gasteiger partial charge on any atom is -0.386 e. The van der Waals surface area contributed by atoms with Gasteiger partial charge >= 0.3 is 6.18 Å². The Labute approximate surface area is 96.2 Å². The van der Waals surface area contributed by atoms with Crippen LogP contribution in [0.15, 0.2) is 18.5 Å². The normalized spacial score (nSPS) is 11.1. The van der Waals surface area contributed by atoms with Crippen LogP contribution in [0.5, 0.6) is 0 Å². The number of nitrogens with one attached hydrogen (secondary N) is 2. The Morgan fingerprint density at radius 3 is 2.71 bits per heavy atom. The van der Waals surface area contributed by atoms with Crippen molar-refractivity contribution < 1.29 is 18.0 Å². The number of carbonyl (C=O) groups excluding carboxylic acids is 1. The maximum absolute atomic E-state index is 11.9. The number of rotatable bonds is 4. The Morgan fingerprint density at radius 1 is 1.41 bits per heavy atom. The van der Waals surface area contributed by atoms with E-state index in [9.17, 15) is 18.0 Å². The van der Waals surface area contributed by atoms with E-state index in [1.165, 1.54) is 12.4 Å². The van der Waals surface area contributed by atoms with Crippen molar-refractivity contribution in [1.82, 2.24) is 4.98 Å². The third-order valence-corrected chi connectivity index (χ3v) is 2.00. The molecule has 1 rings (SSSR count). The molecule has 0 bridgehead atoms. The average molecular weight is 247 g/mol. The van der Waals surface area contributed by atoms with Gasteiger partial charge in [-0.3, -0.25) is 9.78 Å². The van der Waals surface area contributed by atoms with Crippen molar-refractivity contribution in [3.05, 3.63) is 18.5 Å². The summed E-state index contributed by atoms with van der Waals surface area (Å²) in [5, 5.41) is 5.17. The van der Waals surface area contributed by atoms with E-state index in [1.54, 1.807) is 13.1 Å². The molecule has 0 aliphatic rings. The summed E-state index contributed by atoms with van der Waals surface area (Å²) in [5.41, 5.74) is 0.961. The molecule has 0 spiro atoms. The topological polar surface area (TPSA) is 54.0 Å².